The molecule has 2 amide bonds. The number of anilines is 1. The number of benzene rings is 2. The van der Waals surface area contributed by atoms with Crippen LogP contribution >= 0.6 is 11.8 Å². The molecule has 4 rings (SSSR count). The van der Waals surface area contributed by atoms with Gasteiger partial charge in [-0.3, -0.25) is 14.5 Å². The van der Waals surface area contributed by atoms with E-state index in [4.69, 9.17) is 0 Å². The highest BCUT2D eigenvalue weighted by Gasteiger charge is 2.36. The van der Waals surface area contributed by atoms with Crippen molar-refractivity contribution in [1.82, 2.24) is 4.90 Å². The van der Waals surface area contributed by atoms with Crippen LogP contribution in [0.3, 0.4) is 0 Å². The van der Waals surface area contributed by atoms with Crippen molar-refractivity contribution < 1.29 is 9.59 Å². The number of carbonyl (C=O) groups is 2. The van der Waals surface area contributed by atoms with Gasteiger partial charge in [0.1, 0.15) is 0 Å². The molecule has 4 nitrogen and oxygen atoms in total. The van der Waals surface area contributed by atoms with Crippen molar-refractivity contribution in [1.29, 1.82) is 0 Å². The van der Waals surface area contributed by atoms with Crippen molar-refractivity contribution in [3.05, 3.63) is 69.1 Å². The molecule has 31 heavy (non-hydrogen) atoms. The van der Waals surface area contributed by atoms with Gasteiger partial charge in [0.25, 0.3) is 11.1 Å². The van der Waals surface area contributed by atoms with Gasteiger partial charge in [-0.2, -0.15) is 0 Å². The van der Waals surface area contributed by atoms with E-state index in [1.807, 2.05) is 37.3 Å². The molecule has 0 radical (unpaired) electrons. The van der Waals surface area contributed by atoms with Gasteiger partial charge in [-0.25, -0.2) is 0 Å². The molecule has 0 aliphatic carbocycles. The van der Waals surface area contributed by atoms with E-state index in [9.17, 15) is 9.59 Å². The van der Waals surface area contributed by atoms with Crippen LogP contribution in [0.1, 0.15) is 60.9 Å². The Bertz CT molecular complexity index is 1090. The first-order valence-corrected chi connectivity index (χ1v) is 11.6. The van der Waals surface area contributed by atoms with E-state index in [0.29, 0.717) is 17.4 Å². The molecule has 0 N–H and O–H groups in total. The lowest BCUT2D eigenvalue weighted by Crippen LogP contribution is -2.45. The molecule has 2 aromatic rings. The van der Waals surface area contributed by atoms with Crippen LogP contribution in [0.5, 0.6) is 0 Å². The van der Waals surface area contributed by atoms with Gasteiger partial charge in [0.05, 0.1) is 11.4 Å². The molecule has 162 valence electrons. The topological polar surface area (TPSA) is 40.6 Å². The highest BCUT2D eigenvalue weighted by molar-refractivity contribution is 8.18. The summed E-state index contributed by atoms with van der Waals surface area (Å²) in [5.74, 6) is 0.226. The molecule has 0 saturated carbocycles. The van der Waals surface area contributed by atoms with Crippen molar-refractivity contribution in [3.63, 3.8) is 0 Å². The molecule has 0 aromatic heterocycles. The predicted octanol–water partition coefficient (Wildman–Crippen LogP) is 6.26. The number of aryl methyl sites for hydroxylation is 2. The molecule has 2 aliphatic rings. The van der Waals surface area contributed by atoms with Crippen LogP contribution in [0.25, 0.3) is 6.08 Å². The number of thioether (sulfide) groups is 1. The number of nitrogens with zero attached hydrogens (tertiary/aromatic N) is 2. The standard InChI is InChI=1S/C26H30N2O2S/c1-16-7-9-19(10-8-16)15-28-24(29)23(31-25(28)30)13-20-12-21-18(3)14-26(4,5)27(6)22(21)11-17(20)2/h7-13,18H,14-15H2,1-6H3/b23-13+. The van der Waals surface area contributed by atoms with Gasteiger partial charge >= 0.3 is 0 Å². The maximum atomic E-state index is 13.0. The van der Waals surface area contributed by atoms with Crippen LogP contribution in [0.2, 0.25) is 0 Å². The molecule has 1 saturated heterocycles. The Morgan fingerprint density at radius 1 is 1.13 bits per heavy atom. The summed E-state index contributed by atoms with van der Waals surface area (Å²) in [7, 11) is 2.15. The molecule has 0 bridgehead atoms. The van der Waals surface area contributed by atoms with Gasteiger partial charge in [-0.15, -0.1) is 0 Å². The highest BCUT2D eigenvalue weighted by atomic mass is 32.2. The number of hydrogen-bond acceptors (Lipinski definition) is 4. The van der Waals surface area contributed by atoms with Crippen LogP contribution < -0.4 is 4.90 Å². The third kappa shape index (κ3) is 4.03. The highest BCUT2D eigenvalue weighted by Crippen LogP contribution is 2.44. The number of hydrogen-bond donors (Lipinski definition) is 0. The number of rotatable bonds is 3. The second-order valence-corrected chi connectivity index (χ2v) is 10.5. The summed E-state index contributed by atoms with van der Waals surface area (Å²) in [4.78, 5) is 29.8. The van der Waals surface area contributed by atoms with Crippen molar-refractivity contribution in [2.45, 2.75) is 59.0 Å². The van der Waals surface area contributed by atoms with Gasteiger partial charge in [0, 0.05) is 18.3 Å². The first kappa shape index (κ1) is 21.7. The Hall–Kier alpha value is -2.53. The molecule has 2 heterocycles. The Balaban J connectivity index is 1.63. The molecule has 0 spiro atoms. The van der Waals surface area contributed by atoms with Crippen LogP contribution in [-0.4, -0.2) is 28.6 Å². The summed E-state index contributed by atoms with van der Waals surface area (Å²) in [6.07, 6.45) is 2.97. The average Bonchev–Trinajstić information content (AvgIpc) is 2.96. The number of fused-ring (bicyclic) bond motifs is 1. The zero-order valence-corrected chi connectivity index (χ0v) is 20.0. The SMILES string of the molecule is Cc1ccc(CN2C(=O)S/C(=C/c3cc4c(cc3C)N(C)C(C)(C)CC4C)C2=O)cc1. The van der Waals surface area contributed by atoms with E-state index in [0.717, 1.165) is 40.4 Å². The second-order valence-electron chi connectivity index (χ2n) is 9.50. The largest absolute Gasteiger partial charge is 0.369 e. The van der Waals surface area contributed by atoms with Crippen molar-refractivity contribution in [2.24, 2.45) is 0 Å². The summed E-state index contributed by atoms with van der Waals surface area (Å²) >= 11 is 1.03. The Labute approximate surface area is 189 Å². The van der Waals surface area contributed by atoms with E-state index in [1.165, 1.54) is 16.2 Å². The lowest BCUT2D eigenvalue weighted by atomic mass is 9.79. The van der Waals surface area contributed by atoms with E-state index in [2.05, 4.69) is 51.8 Å². The second kappa shape index (κ2) is 7.86. The quantitative estimate of drug-likeness (QED) is 0.535. The lowest BCUT2D eigenvalue weighted by Gasteiger charge is -2.45. The van der Waals surface area contributed by atoms with Gasteiger partial charge in [-0.05, 0) is 92.3 Å². The minimum absolute atomic E-state index is 0.110. The third-order valence-corrected chi connectivity index (χ3v) is 7.55. The molecule has 1 atom stereocenters. The molecule has 5 heteroatoms. The minimum atomic E-state index is -0.209. The third-order valence-electron chi connectivity index (χ3n) is 6.64. The zero-order chi connectivity index (χ0) is 22.5. The monoisotopic (exact) mass is 434 g/mol. The lowest BCUT2D eigenvalue weighted by molar-refractivity contribution is -0.123. The Morgan fingerprint density at radius 2 is 1.81 bits per heavy atom. The Morgan fingerprint density at radius 3 is 2.48 bits per heavy atom. The summed E-state index contributed by atoms with van der Waals surface area (Å²) in [5, 5.41) is -0.206. The summed E-state index contributed by atoms with van der Waals surface area (Å²) in [6, 6.07) is 12.4. The van der Waals surface area contributed by atoms with Gasteiger partial charge in [-0.1, -0.05) is 36.8 Å². The van der Waals surface area contributed by atoms with E-state index in [1.54, 1.807) is 0 Å². The van der Waals surface area contributed by atoms with E-state index in [-0.39, 0.29) is 16.7 Å². The fraction of sp³-hybridized carbons (Fsp3) is 0.385. The molecular formula is C26H30N2O2S. The fourth-order valence-electron chi connectivity index (χ4n) is 4.54. The first-order valence-electron chi connectivity index (χ1n) is 10.8. The number of carbonyl (C=O) groups excluding carboxylic acids is 2. The smallest absolute Gasteiger partial charge is 0.293 e. The van der Waals surface area contributed by atoms with Crippen LogP contribution in [0, 0.1) is 13.8 Å². The summed E-state index contributed by atoms with van der Waals surface area (Å²) in [5.41, 5.74) is 6.91. The first-order chi connectivity index (χ1) is 14.6. The van der Waals surface area contributed by atoms with Crippen LogP contribution in [0.15, 0.2) is 41.3 Å². The van der Waals surface area contributed by atoms with Gasteiger partial charge in [0.15, 0.2) is 0 Å². The van der Waals surface area contributed by atoms with Crippen LogP contribution in [0.4, 0.5) is 10.5 Å². The van der Waals surface area contributed by atoms with Crippen molar-refractivity contribution >= 4 is 34.7 Å². The molecule has 2 aliphatic heterocycles. The Kier molecular flexibility index (Phi) is 5.50. The van der Waals surface area contributed by atoms with Gasteiger partial charge in [0.2, 0.25) is 0 Å². The molecule has 1 fully saturated rings. The zero-order valence-electron chi connectivity index (χ0n) is 19.2. The normalized spacial score (nSPS) is 21.7. The average molecular weight is 435 g/mol. The van der Waals surface area contributed by atoms with Crippen molar-refractivity contribution in [3.8, 4) is 0 Å². The van der Waals surface area contributed by atoms with Crippen molar-refractivity contribution in [2.75, 3.05) is 11.9 Å². The van der Waals surface area contributed by atoms with E-state index < -0.39 is 0 Å². The molecule has 2 aromatic carbocycles. The van der Waals surface area contributed by atoms with Crippen LogP contribution in [-0.2, 0) is 11.3 Å². The maximum absolute atomic E-state index is 13.0. The molecular weight excluding hydrogens is 404 g/mol. The number of amides is 2. The summed E-state index contributed by atoms with van der Waals surface area (Å²) in [6.45, 7) is 11.2. The predicted molar refractivity (Wildman–Crippen MR) is 129 cm³/mol. The number of imide groups is 1. The maximum Gasteiger partial charge on any atom is 0.293 e. The molecule has 1 unspecified atom stereocenters. The summed E-state index contributed by atoms with van der Waals surface area (Å²) < 4.78 is 0. The van der Waals surface area contributed by atoms with Gasteiger partial charge < -0.3 is 4.90 Å². The van der Waals surface area contributed by atoms with E-state index >= 15 is 0 Å². The fourth-order valence-corrected chi connectivity index (χ4v) is 5.37. The minimum Gasteiger partial charge on any atom is -0.369 e.